The number of nitrogens with one attached hydrogen (secondary N) is 1. The Balaban J connectivity index is 1.35. The number of halogens is 2. The average Bonchev–Trinajstić information content (AvgIpc) is 3.52. The fraction of sp³-hybridized carbons (Fsp3) is 0.194. The number of anilines is 1. The van der Waals surface area contributed by atoms with Gasteiger partial charge in [-0.25, -0.2) is 8.42 Å². The Morgan fingerprint density at radius 2 is 1.77 bits per heavy atom. The quantitative estimate of drug-likeness (QED) is 0.172. The van der Waals surface area contributed by atoms with Gasteiger partial charge in [0, 0.05) is 30.3 Å². The normalized spacial score (nSPS) is 13.6. The Bertz CT molecular complexity index is 2210. The SMILES string of the molecule is CC(C(=O)O)c1ccc(Cc2ccccc2)c(S(C)(=O)=O)c1NC(=O)c1c(Cl)cc2c(c1Cl)CCN(C(=O)c1ccc3ccoc3c1)C2. The van der Waals surface area contributed by atoms with Gasteiger partial charge in [-0.05, 0) is 71.8 Å². The van der Waals surface area contributed by atoms with E-state index in [0.717, 1.165) is 17.2 Å². The maximum atomic E-state index is 14.0. The first-order chi connectivity index (χ1) is 22.8. The van der Waals surface area contributed by atoms with Crippen LogP contribution in [-0.4, -0.2) is 49.0 Å². The first-order valence-corrected chi connectivity index (χ1v) is 17.7. The van der Waals surface area contributed by atoms with Crippen molar-refractivity contribution in [2.75, 3.05) is 18.1 Å². The number of hydrogen-bond donors (Lipinski definition) is 2. The molecule has 0 bridgehead atoms. The fourth-order valence-corrected chi connectivity index (χ4v) is 8.04. The molecule has 6 rings (SSSR count). The molecule has 0 fully saturated rings. The number of aliphatic carboxylic acids is 1. The lowest BCUT2D eigenvalue weighted by Crippen LogP contribution is -2.36. The average molecular weight is 706 g/mol. The fourth-order valence-electron chi connectivity index (χ4n) is 6.12. The van der Waals surface area contributed by atoms with E-state index >= 15 is 0 Å². The summed E-state index contributed by atoms with van der Waals surface area (Å²) in [5.74, 6) is -3.35. The number of hydrogen-bond acceptors (Lipinski definition) is 6. The van der Waals surface area contributed by atoms with E-state index in [0.29, 0.717) is 40.8 Å². The van der Waals surface area contributed by atoms with Crippen molar-refractivity contribution in [1.82, 2.24) is 4.90 Å². The Labute approximate surface area is 287 Å². The number of carboxylic acid groups (broad SMARTS) is 1. The highest BCUT2D eigenvalue weighted by molar-refractivity contribution is 7.91. The van der Waals surface area contributed by atoms with Crippen LogP contribution in [0, 0.1) is 0 Å². The third-order valence-electron chi connectivity index (χ3n) is 8.58. The van der Waals surface area contributed by atoms with E-state index in [1.54, 1.807) is 35.4 Å². The summed E-state index contributed by atoms with van der Waals surface area (Å²) < 4.78 is 32.1. The summed E-state index contributed by atoms with van der Waals surface area (Å²) in [6, 6.07) is 20.9. The maximum Gasteiger partial charge on any atom is 0.310 e. The van der Waals surface area contributed by atoms with Crippen LogP contribution in [0.5, 0.6) is 0 Å². The molecule has 12 heteroatoms. The number of nitrogens with zero attached hydrogens (tertiary/aromatic N) is 1. The predicted molar refractivity (Wildman–Crippen MR) is 184 cm³/mol. The summed E-state index contributed by atoms with van der Waals surface area (Å²) in [6.45, 7) is 1.94. The molecule has 0 radical (unpaired) electrons. The summed E-state index contributed by atoms with van der Waals surface area (Å²) in [7, 11) is -3.99. The second-order valence-corrected chi connectivity index (χ2v) is 14.5. The number of sulfone groups is 1. The molecule has 0 saturated heterocycles. The monoisotopic (exact) mass is 704 g/mol. The number of carbonyl (C=O) groups excluding carboxylic acids is 2. The van der Waals surface area contributed by atoms with E-state index in [1.165, 1.54) is 13.0 Å². The highest BCUT2D eigenvalue weighted by Gasteiger charge is 2.31. The Kier molecular flexibility index (Phi) is 9.08. The van der Waals surface area contributed by atoms with Gasteiger partial charge in [-0.1, -0.05) is 71.7 Å². The van der Waals surface area contributed by atoms with Crippen molar-refractivity contribution in [1.29, 1.82) is 0 Å². The van der Waals surface area contributed by atoms with E-state index in [-0.39, 0.29) is 50.6 Å². The number of carboxylic acids is 1. The topological polar surface area (TPSA) is 134 Å². The summed E-state index contributed by atoms with van der Waals surface area (Å²) in [6.07, 6.45) is 3.13. The second-order valence-electron chi connectivity index (χ2n) is 11.8. The third kappa shape index (κ3) is 6.43. The van der Waals surface area contributed by atoms with Crippen LogP contribution in [0.3, 0.4) is 0 Å². The minimum absolute atomic E-state index is 0.00303. The molecule has 246 valence electrons. The molecule has 2 heterocycles. The van der Waals surface area contributed by atoms with Crippen LogP contribution in [0.1, 0.15) is 61.4 Å². The van der Waals surface area contributed by atoms with Gasteiger partial charge in [0.2, 0.25) is 0 Å². The molecular weight excluding hydrogens is 675 g/mol. The lowest BCUT2D eigenvalue weighted by Gasteiger charge is -2.30. The van der Waals surface area contributed by atoms with Gasteiger partial charge in [0.1, 0.15) is 5.58 Å². The molecule has 1 aliphatic heterocycles. The molecule has 5 aromatic rings. The van der Waals surface area contributed by atoms with Gasteiger partial charge >= 0.3 is 5.97 Å². The minimum atomic E-state index is -3.99. The summed E-state index contributed by atoms with van der Waals surface area (Å²) in [5, 5.41) is 13.5. The number of benzene rings is 4. The van der Waals surface area contributed by atoms with Gasteiger partial charge in [-0.15, -0.1) is 0 Å². The number of carbonyl (C=O) groups is 3. The zero-order valence-electron chi connectivity index (χ0n) is 25.9. The molecule has 0 aliphatic carbocycles. The van der Waals surface area contributed by atoms with E-state index < -0.39 is 27.6 Å². The zero-order chi connectivity index (χ0) is 34.3. The summed E-state index contributed by atoms with van der Waals surface area (Å²) in [5.41, 5.74) is 3.48. The van der Waals surface area contributed by atoms with E-state index in [4.69, 9.17) is 27.6 Å². The van der Waals surface area contributed by atoms with Gasteiger partial charge in [0.25, 0.3) is 11.8 Å². The third-order valence-corrected chi connectivity index (χ3v) is 10.5. The van der Waals surface area contributed by atoms with E-state index in [2.05, 4.69) is 5.32 Å². The zero-order valence-corrected chi connectivity index (χ0v) is 28.2. The van der Waals surface area contributed by atoms with Crippen molar-refractivity contribution in [2.24, 2.45) is 0 Å². The maximum absolute atomic E-state index is 14.0. The number of amides is 2. The molecule has 1 aliphatic rings. The van der Waals surface area contributed by atoms with Crippen molar-refractivity contribution in [3.05, 3.63) is 128 Å². The Morgan fingerprint density at radius 3 is 2.48 bits per heavy atom. The molecule has 2 amide bonds. The first-order valence-electron chi connectivity index (χ1n) is 15.0. The Morgan fingerprint density at radius 1 is 1.02 bits per heavy atom. The van der Waals surface area contributed by atoms with Crippen molar-refractivity contribution in [3.8, 4) is 0 Å². The highest BCUT2D eigenvalue weighted by atomic mass is 35.5. The van der Waals surface area contributed by atoms with Crippen LogP contribution in [0.4, 0.5) is 5.69 Å². The molecule has 4 aromatic carbocycles. The minimum Gasteiger partial charge on any atom is -0.481 e. The van der Waals surface area contributed by atoms with Crippen LogP contribution in [0.2, 0.25) is 10.0 Å². The number of furan rings is 1. The van der Waals surface area contributed by atoms with Gasteiger partial charge < -0.3 is 19.7 Å². The van der Waals surface area contributed by atoms with Crippen LogP contribution in [0.25, 0.3) is 11.0 Å². The standard InChI is InChI=1S/C36H30Cl2N2O7S/c1-20(36(43)44)26-11-10-23(16-21-6-4-3-5-7-21)33(48(2,45)46)32(26)39-34(41)30-28(37)17-25-19-40(14-12-27(25)31(30)38)35(42)24-9-8-22-13-15-47-29(22)18-24/h3-11,13,15,17-18,20H,12,14,16,19H2,1-2H3,(H,39,41)(H,43,44). The van der Waals surface area contributed by atoms with Gasteiger partial charge in [0.15, 0.2) is 9.84 Å². The van der Waals surface area contributed by atoms with Crippen molar-refractivity contribution < 1.29 is 32.3 Å². The largest absolute Gasteiger partial charge is 0.481 e. The van der Waals surface area contributed by atoms with Crippen LogP contribution in [-0.2, 0) is 34.0 Å². The Hall–Kier alpha value is -4.64. The van der Waals surface area contributed by atoms with Gasteiger partial charge in [-0.2, -0.15) is 0 Å². The van der Waals surface area contributed by atoms with E-state index in [9.17, 15) is 27.9 Å². The molecule has 0 saturated carbocycles. The van der Waals surface area contributed by atoms with Crippen LogP contribution in [0.15, 0.2) is 88.4 Å². The van der Waals surface area contributed by atoms with Crippen molar-refractivity contribution in [2.45, 2.75) is 37.1 Å². The number of fused-ring (bicyclic) bond motifs is 2. The highest BCUT2D eigenvalue weighted by Crippen LogP contribution is 2.39. The molecule has 1 unspecified atom stereocenters. The lowest BCUT2D eigenvalue weighted by atomic mass is 9.94. The van der Waals surface area contributed by atoms with Crippen molar-refractivity contribution >= 4 is 67.5 Å². The smallest absolute Gasteiger partial charge is 0.310 e. The molecular formula is C36H30Cl2N2O7S. The summed E-state index contributed by atoms with van der Waals surface area (Å²) >= 11 is 13.5. The molecule has 2 N–H and O–H groups in total. The molecule has 0 spiro atoms. The molecule has 48 heavy (non-hydrogen) atoms. The van der Waals surface area contributed by atoms with Gasteiger partial charge in [-0.3, -0.25) is 14.4 Å². The number of rotatable bonds is 8. The second kappa shape index (κ2) is 13.1. The van der Waals surface area contributed by atoms with Crippen molar-refractivity contribution in [3.63, 3.8) is 0 Å². The van der Waals surface area contributed by atoms with Gasteiger partial charge in [0.05, 0.1) is 38.4 Å². The lowest BCUT2D eigenvalue weighted by molar-refractivity contribution is -0.138. The molecule has 1 atom stereocenters. The van der Waals surface area contributed by atoms with E-state index in [1.807, 2.05) is 42.5 Å². The molecule has 1 aromatic heterocycles. The predicted octanol–water partition coefficient (Wildman–Crippen LogP) is 7.37. The summed E-state index contributed by atoms with van der Waals surface area (Å²) in [4.78, 5) is 40.9. The van der Waals surface area contributed by atoms with Crippen LogP contribution >= 0.6 is 23.2 Å². The first kappa shape index (κ1) is 33.3. The van der Waals surface area contributed by atoms with Crippen LogP contribution < -0.4 is 5.32 Å². The molecule has 9 nitrogen and oxygen atoms in total.